The normalized spacial score (nSPS) is 11.5. The zero-order chi connectivity index (χ0) is 11.7. The number of nitrogen functional groups attached to an aromatic ring is 1. The summed E-state index contributed by atoms with van der Waals surface area (Å²) in [5, 5.41) is 15.7. The maximum absolute atomic E-state index is 5.50. The molecule has 7 heteroatoms. The first-order chi connectivity index (χ1) is 8.34. The van der Waals surface area contributed by atoms with Crippen LogP contribution in [0.4, 0.5) is 5.95 Å². The van der Waals surface area contributed by atoms with E-state index >= 15 is 0 Å². The number of tetrazole rings is 1. The van der Waals surface area contributed by atoms with Gasteiger partial charge < -0.3 is 10.7 Å². The second-order valence-electron chi connectivity index (χ2n) is 3.46. The minimum Gasteiger partial charge on any atom is -0.365 e. The van der Waals surface area contributed by atoms with Crippen molar-refractivity contribution in [2.75, 3.05) is 5.73 Å². The number of nitrogens with two attached hydrogens (primary N) is 1. The van der Waals surface area contributed by atoms with Crippen molar-refractivity contribution in [3.05, 3.63) is 36.0 Å². The highest BCUT2D eigenvalue weighted by Gasteiger charge is 2.01. The average Bonchev–Trinajstić information content (AvgIpc) is 2.93. The minimum absolute atomic E-state index is 0.154. The molecular formula is C10H9N7. The van der Waals surface area contributed by atoms with Gasteiger partial charge in [-0.25, -0.2) is 0 Å². The fraction of sp³-hybridized carbons (Fsp3) is 0. The fourth-order valence-corrected chi connectivity index (χ4v) is 1.59. The summed E-state index contributed by atoms with van der Waals surface area (Å²) in [6.07, 6.45) is 3.53. The van der Waals surface area contributed by atoms with Crippen molar-refractivity contribution in [2.24, 2.45) is 5.10 Å². The highest BCUT2D eigenvalue weighted by molar-refractivity contribution is 5.98. The molecule has 2 heterocycles. The summed E-state index contributed by atoms with van der Waals surface area (Å²) in [6, 6.07) is 7.95. The van der Waals surface area contributed by atoms with Gasteiger partial charge in [0.2, 0.25) is 0 Å². The lowest BCUT2D eigenvalue weighted by Crippen LogP contribution is -1.99. The van der Waals surface area contributed by atoms with Crippen LogP contribution in [0.5, 0.6) is 0 Å². The first-order valence-corrected chi connectivity index (χ1v) is 4.99. The molecule has 0 aliphatic heterocycles. The molecule has 0 spiro atoms. The number of anilines is 1. The van der Waals surface area contributed by atoms with Crippen LogP contribution in [0.2, 0.25) is 0 Å². The molecule has 1 aromatic carbocycles. The molecule has 7 nitrogen and oxygen atoms in total. The Balaban J connectivity index is 2.00. The Hall–Kier alpha value is -2.70. The van der Waals surface area contributed by atoms with Gasteiger partial charge in [0, 0.05) is 22.7 Å². The monoisotopic (exact) mass is 227 g/mol. The van der Waals surface area contributed by atoms with Crippen molar-refractivity contribution < 1.29 is 0 Å². The van der Waals surface area contributed by atoms with Crippen LogP contribution in [-0.2, 0) is 0 Å². The third-order valence-electron chi connectivity index (χ3n) is 2.40. The molecule has 0 unspecified atom stereocenters. The molecule has 0 atom stereocenters. The van der Waals surface area contributed by atoms with E-state index in [-0.39, 0.29) is 5.95 Å². The molecule has 0 aliphatic rings. The second kappa shape index (κ2) is 3.71. The molecule has 2 aromatic heterocycles. The highest BCUT2D eigenvalue weighted by atomic mass is 15.7. The summed E-state index contributed by atoms with van der Waals surface area (Å²) in [5.74, 6) is 0.154. The highest BCUT2D eigenvalue weighted by Crippen LogP contribution is 2.15. The number of hydrogen-bond acceptors (Lipinski definition) is 5. The molecule has 0 fully saturated rings. The largest absolute Gasteiger partial charge is 0.365 e. The molecule has 3 aromatic rings. The number of aromatic nitrogens is 5. The molecule has 0 amide bonds. The van der Waals surface area contributed by atoms with Gasteiger partial charge in [-0.1, -0.05) is 28.1 Å². The number of fused-ring (bicyclic) bond motifs is 1. The molecule has 0 saturated heterocycles. The molecule has 17 heavy (non-hydrogen) atoms. The van der Waals surface area contributed by atoms with Gasteiger partial charge >= 0.3 is 0 Å². The summed E-state index contributed by atoms with van der Waals surface area (Å²) in [7, 11) is 0. The van der Waals surface area contributed by atoms with Gasteiger partial charge in [0.05, 0.1) is 6.21 Å². The summed E-state index contributed by atoms with van der Waals surface area (Å²) >= 11 is 0. The number of para-hydroxylation sites is 1. The second-order valence-corrected chi connectivity index (χ2v) is 3.46. The van der Waals surface area contributed by atoms with Gasteiger partial charge in [-0.05, 0) is 16.5 Å². The van der Waals surface area contributed by atoms with Crippen LogP contribution in [0.15, 0.2) is 35.6 Å². The van der Waals surface area contributed by atoms with E-state index in [1.807, 2.05) is 30.5 Å². The van der Waals surface area contributed by atoms with E-state index in [0.717, 1.165) is 16.5 Å². The third-order valence-corrected chi connectivity index (χ3v) is 2.40. The Morgan fingerprint density at radius 3 is 3.06 bits per heavy atom. The maximum Gasteiger partial charge on any atom is 0.263 e. The zero-order valence-electron chi connectivity index (χ0n) is 8.78. The van der Waals surface area contributed by atoms with Crippen LogP contribution in [-0.4, -0.2) is 31.5 Å². The van der Waals surface area contributed by atoms with E-state index in [0.29, 0.717) is 0 Å². The third kappa shape index (κ3) is 1.63. The van der Waals surface area contributed by atoms with E-state index in [9.17, 15) is 0 Å². The lowest BCUT2D eigenvalue weighted by Gasteiger charge is -1.91. The average molecular weight is 227 g/mol. The van der Waals surface area contributed by atoms with Gasteiger partial charge in [-0.15, -0.1) is 0 Å². The summed E-state index contributed by atoms with van der Waals surface area (Å²) in [6.45, 7) is 0. The number of nitrogens with zero attached hydrogens (tertiary/aromatic N) is 5. The Labute approximate surface area is 95.9 Å². The first-order valence-electron chi connectivity index (χ1n) is 4.99. The van der Waals surface area contributed by atoms with Gasteiger partial charge in [0.1, 0.15) is 0 Å². The maximum atomic E-state index is 5.50. The Morgan fingerprint density at radius 2 is 2.24 bits per heavy atom. The molecular weight excluding hydrogens is 218 g/mol. The van der Waals surface area contributed by atoms with Crippen LogP contribution in [0.25, 0.3) is 10.9 Å². The van der Waals surface area contributed by atoms with Crippen molar-refractivity contribution >= 4 is 23.1 Å². The van der Waals surface area contributed by atoms with E-state index < -0.39 is 0 Å². The SMILES string of the molecule is Nc1nnnn1N=Cc1c[nH]c2ccccc12. The van der Waals surface area contributed by atoms with Crippen LogP contribution in [0.3, 0.4) is 0 Å². The van der Waals surface area contributed by atoms with Crippen LogP contribution in [0, 0.1) is 0 Å². The van der Waals surface area contributed by atoms with Gasteiger partial charge in [-0.3, -0.25) is 0 Å². The van der Waals surface area contributed by atoms with E-state index in [4.69, 9.17) is 5.73 Å². The van der Waals surface area contributed by atoms with Crippen molar-refractivity contribution in [1.82, 2.24) is 25.3 Å². The number of nitrogens with one attached hydrogen (secondary N) is 1. The topological polar surface area (TPSA) is 97.8 Å². The number of benzene rings is 1. The molecule has 3 rings (SSSR count). The van der Waals surface area contributed by atoms with Crippen molar-refractivity contribution in [3.63, 3.8) is 0 Å². The van der Waals surface area contributed by atoms with Gasteiger partial charge in [0.25, 0.3) is 5.95 Å². The van der Waals surface area contributed by atoms with Crippen LogP contribution >= 0.6 is 0 Å². The van der Waals surface area contributed by atoms with E-state index in [1.165, 1.54) is 4.79 Å². The molecule has 3 N–H and O–H groups in total. The fourth-order valence-electron chi connectivity index (χ4n) is 1.59. The van der Waals surface area contributed by atoms with Crippen molar-refractivity contribution in [1.29, 1.82) is 0 Å². The zero-order valence-corrected chi connectivity index (χ0v) is 8.78. The van der Waals surface area contributed by atoms with Gasteiger partial charge in [-0.2, -0.15) is 5.10 Å². The lowest BCUT2D eigenvalue weighted by atomic mass is 10.2. The lowest BCUT2D eigenvalue weighted by molar-refractivity contribution is 0.700. The predicted molar refractivity (Wildman–Crippen MR) is 63.5 cm³/mol. The smallest absolute Gasteiger partial charge is 0.263 e. The number of aromatic amines is 1. The Kier molecular flexibility index (Phi) is 2.08. The molecule has 84 valence electrons. The van der Waals surface area contributed by atoms with Gasteiger partial charge in [0.15, 0.2) is 0 Å². The number of hydrogen-bond donors (Lipinski definition) is 2. The van der Waals surface area contributed by atoms with E-state index in [2.05, 4.69) is 25.6 Å². The van der Waals surface area contributed by atoms with E-state index in [1.54, 1.807) is 6.21 Å². The van der Waals surface area contributed by atoms with Crippen LogP contribution < -0.4 is 5.73 Å². The Morgan fingerprint density at radius 1 is 1.35 bits per heavy atom. The number of H-pyrrole nitrogens is 1. The minimum atomic E-state index is 0.154. The first kappa shape index (κ1) is 9.52. The standard InChI is InChI=1S/C10H9N7/c11-10-14-15-16-17(10)13-6-7-5-12-9-4-2-1-3-8(7)9/h1-6,12H,(H2,11,14,16). The summed E-state index contributed by atoms with van der Waals surface area (Å²) in [5.41, 5.74) is 7.51. The molecule has 0 saturated carbocycles. The number of rotatable bonds is 2. The summed E-state index contributed by atoms with van der Waals surface area (Å²) < 4.78 is 0. The quantitative estimate of drug-likeness (QED) is 0.627. The summed E-state index contributed by atoms with van der Waals surface area (Å²) in [4.78, 5) is 4.32. The molecule has 0 radical (unpaired) electrons. The molecule has 0 bridgehead atoms. The Bertz CT molecular complexity index is 679. The predicted octanol–water partition coefficient (Wildman–Crippen LogP) is 0.619. The van der Waals surface area contributed by atoms with Crippen molar-refractivity contribution in [2.45, 2.75) is 0 Å². The van der Waals surface area contributed by atoms with Crippen LogP contribution in [0.1, 0.15) is 5.56 Å². The molecule has 0 aliphatic carbocycles. The van der Waals surface area contributed by atoms with Crippen molar-refractivity contribution in [3.8, 4) is 0 Å².